The molecule has 0 bridgehead atoms. The summed E-state index contributed by atoms with van der Waals surface area (Å²) < 4.78 is 58.6. The third-order valence-electron chi connectivity index (χ3n) is 3.59. The Bertz CT molecular complexity index is 454. The molecule has 0 aliphatic heterocycles. The molecule has 1 nitrogen and oxygen atoms in total. The molecule has 0 atom stereocenters. The van der Waals surface area contributed by atoms with Gasteiger partial charge in [-0.3, -0.25) is 0 Å². The maximum absolute atomic E-state index is 13.5. The normalized spacial score (nSPS) is 12.9. The Balaban J connectivity index is 3.02. The average molecular weight is 294 g/mol. The number of benzene rings is 1. The molecule has 0 heterocycles. The van der Waals surface area contributed by atoms with Gasteiger partial charge in [0.05, 0.1) is 12.2 Å². The van der Waals surface area contributed by atoms with Crippen LogP contribution < -0.4 is 0 Å². The highest BCUT2D eigenvalue weighted by molar-refractivity contribution is 6.74. The van der Waals surface area contributed by atoms with Crippen LogP contribution in [0.2, 0.25) is 18.1 Å². The van der Waals surface area contributed by atoms with Crippen molar-refractivity contribution in [2.75, 3.05) is 0 Å². The Kier molecular flexibility index (Phi) is 4.46. The predicted octanol–water partition coefficient (Wildman–Crippen LogP) is 4.76. The van der Waals surface area contributed by atoms with E-state index >= 15 is 0 Å². The van der Waals surface area contributed by atoms with Gasteiger partial charge in [-0.25, -0.2) is 17.6 Å². The molecule has 0 saturated carbocycles. The summed E-state index contributed by atoms with van der Waals surface area (Å²) in [5.74, 6) is -5.60. The fourth-order valence-electron chi connectivity index (χ4n) is 1.22. The van der Waals surface area contributed by atoms with Gasteiger partial charge in [0.2, 0.25) is 0 Å². The van der Waals surface area contributed by atoms with Gasteiger partial charge >= 0.3 is 0 Å². The Morgan fingerprint density at radius 2 is 1.42 bits per heavy atom. The topological polar surface area (TPSA) is 9.23 Å². The van der Waals surface area contributed by atoms with Crippen LogP contribution in [0, 0.1) is 23.3 Å². The highest BCUT2D eigenvalue weighted by atomic mass is 28.4. The van der Waals surface area contributed by atoms with Crippen LogP contribution in [0.1, 0.15) is 26.3 Å². The molecular weight excluding hydrogens is 276 g/mol. The first-order valence-corrected chi connectivity index (χ1v) is 8.84. The maximum Gasteiger partial charge on any atom is 0.192 e. The third-order valence-corrected chi connectivity index (χ3v) is 8.06. The van der Waals surface area contributed by atoms with Crippen LogP contribution in [0.25, 0.3) is 0 Å². The summed E-state index contributed by atoms with van der Waals surface area (Å²) in [5.41, 5.74) is -0.692. The van der Waals surface area contributed by atoms with Gasteiger partial charge in [-0.2, -0.15) is 0 Å². The first-order valence-electron chi connectivity index (χ1n) is 5.93. The van der Waals surface area contributed by atoms with E-state index in [1.807, 2.05) is 33.9 Å². The molecule has 6 heteroatoms. The van der Waals surface area contributed by atoms with Gasteiger partial charge in [0, 0.05) is 6.07 Å². The lowest BCUT2D eigenvalue weighted by molar-refractivity contribution is 0.260. The molecule has 1 aromatic carbocycles. The van der Waals surface area contributed by atoms with Gasteiger partial charge in [-0.1, -0.05) is 20.8 Å². The molecule has 0 spiro atoms. The van der Waals surface area contributed by atoms with Gasteiger partial charge in [-0.15, -0.1) is 0 Å². The lowest BCUT2D eigenvalue weighted by Gasteiger charge is -2.36. The van der Waals surface area contributed by atoms with E-state index in [9.17, 15) is 17.6 Å². The first kappa shape index (κ1) is 16.2. The fraction of sp³-hybridized carbons (Fsp3) is 0.538. The number of halogens is 4. The van der Waals surface area contributed by atoms with E-state index in [4.69, 9.17) is 4.43 Å². The van der Waals surface area contributed by atoms with E-state index in [-0.39, 0.29) is 11.1 Å². The fourth-order valence-corrected chi connectivity index (χ4v) is 2.16. The van der Waals surface area contributed by atoms with E-state index in [1.165, 1.54) is 0 Å². The van der Waals surface area contributed by atoms with Crippen molar-refractivity contribution < 1.29 is 22.0 Å². The Hall–Kier alpha value is -0.883. The molecule has 0 aliphatic rings. The molecule has 0 fully saturated rings. The summed E-state index contributed by atoms with van der Waals surface area (Å²) in [5, 5.41) is -0.161. The van der Waals surface area contributed by atoms with E-state index in [2.05, 4.69) is 0 Å². The number of hydrogen-bond acceptors (Lipinski definition) is 1. The second kappa shape index (κ2) is 5.24. The summed E-state index contributed by atoms with van der Waals surface area (Å²) in [4.78, 5) is 0. The Labute approximate surface area is 111 Å². The molecule has 1 rings (SSSR count). The SMILES string of the molecule is CC(C)(C)[Si](C)(C)OCc1c(F)c(F)cc(F)c1F. The van der Waals surface area contributed by atoms with E-state index in [0.29, 0.717) is 0 Å². The van der Waals surface area contributed by atoms with Crippen molar-refractivity contribution in [2.24, 2.45) is 0 Å². The average Bonchev–Trinajstić information content (AvgIpc) is 2.25. The largest absolute Gasteiger partial charge is 0.412 e. The standard InChI is InChI=1S/C13H18F4OSi/c1-13(2,3)19(4,5)18-7-8-11(16)9(14)6-10(15)12(8)17/h6H,7H2,1-5H3. The number of hydrogen-bond donors (Lipinski definition) is 0. The Morgan fingerprint density at radius 3 is 1.79 bits per heavy atom. The van der Waals surface area contributed by atoms with Gasteiger partial charge in [-0.05, 0) is 18.1 Å². The van der Waals surface area contributed by atoms with Crippen LogP contribution in [0.15, 0.2) is 6.07 Å². The smallest absolute Gasteiger partial charge is 0.192 e. The van der Waals surface area contributed by atoms with Crippen molar-refractivity contribution >= 4 is 8.32 Å². The lowest BCUT2D eigenvalue weighted by Crippen LogP contribution is -2.40. The van der Waals surface area contributed by atoms with Crippen LogP contribution in [0.5, 0.6) is 0 Å². The van der Waals surface area contributed by atoms with Gasteiger partial charge < -0.3 is 4.43 Å². The second-order valence-electron chi connectivity index (χ2n) is 6.00. The van der Waals surface area contributed by atoms with Crippen LogP contribution in [0.4, 0.5) is 17.6 Å². The van der Waals surface area contributed by atoms with Gasteiger partial charge in [0.15, 0.2) is 31.6 Å². The first-order chi connectivity index (χ1) is 8.47. The van der Waals surface area contributed by atoms with Crippen molar-refractivity contribution in [2.45, 2.75) is 45.5 Å². The summed E-state index contributed by atoms with van der Waals surface area (Å²) in [6, 6.07) is 0.195. The van der Waals surface area contributed by atoms with Crippen LogP contribution in [-0.4, -0.2) is 8.32 Å². The summed E-state index contributed by atoms with van der Waals surface area (Å²) >= 11 is 0. The molecule has 0 amide bonds. The third kappa shape index (κ3) is 3.36. The minimum atomic E-state index is -2.25. The van der Waals surface area contributed by atoms with Crippen LogP contribution in [0.3, 0.4) is 0 Å². The summed E-state index contributed by atoms with van der Waals surface area (Å²) in [6.45, 7) is 9.17. The highest BCUT2D eigenvalue weighted by Crippen LogP contribution is 2.37. The monoisotopic (exact) mass is 294 g/mol. The zero-order valence-corrected chi connectivity index (χ0v) is 12.7. The molecule has 0 N–H and O–H groups in total. The minimum absolute atomic E-state index is 0.161. The van der Waals surface area contributed by atoms with Crippen molar-refractivity contribution in [1.29, 1.82) is 0 Å². The molecule has 0 aromatic heterocycles. The van der Waals surface area contributed by atoms with Crippen molar-refractivity contribution in [3.8, 4) is 0 Å². The molecule has 1 aromatic rings. The maximum atomic E-state index is 13.5. The van der Waals surface area contributed by atoms with E-state index in [0.717, 1.165) is 0 Å². The van der Waals surface area contributed by atoms with Crippen molar-refractivity contribution in [3.05, 3.63) is 34.9 Å². The molecule has 0 aliphatic carbocycles. The molecular formula is C13H18F4OSi. The van der Waals surface area contributed by atoms with Gasteiger partial charge in [0.25, 0.3) is 0 Å². The molecule has 19 heavy (non-hydrogen) atoms. The molecule has 0 unspecified atom stereocenters. The number of rotatable bonds is 3. The van der Waals surface area contributed by atoms with Crippen molar-refractivity contribution in [1.82, 2.24) is 0 Å². The van der Waals surface area contributed by atoms with Crippen LogP contribution in [-0.2, 0) is 11.0 Å². The summed E-state index contributed by atoms with van der Waals surface area (Å²) in [6.07, 6.45) is 0. The molecule has 0 radical (unpaired) electrons. The Morgan fingerprint density at radius 1 is 1.00 bits per heavy atom. The van der Waals surface area contributed by atoms with E-state index < -0.39 is 43.8 Å². The van der Waals surface area contributed by atoms with Gasteiger partial charge in [0.1, 0.15) is 0 Å². The lowest BCUT2D eigenvalue weighted by atomic mass is 10.2. The second-order valence-corrected chi connectivity index (χ2v) is 10.8. The highest BCUT2D eigenvalue weighted by Gasteiger charge is 2.37. The minimum Gasteiger partial charge on any atom is -0.412 e. The zero-order valence-electron chi connectivity index (χ0n) is 11.7. The molecule has 108 valence electrons. The van der Waals surface area contributed by atoms with E-state index in [1.54, 1.807) is 0 Å². The predicted molar refractivity (Wildman–Crippen MR) is 68.3 cm³/mol. The van der Waals surface area contributed by atoms with Crippen molar-refractivity contribution in [3.63, 3.8) is 0 Å². The summed E-state index contributed by atoms with van der Waals surface area (Å²) in [7, 11) is -2.25. The zero-order chi connectivity index (χ0) is 15.0. The van der Waals surface area contributed by atoms with Crippen LogP contribution >= 0.6 is 0 Å². The quantitative estimate of drug-likeness (QED) is 0.443. The molecule has 0 saturated heterocycles.